The zero-order valence-corrected chi connectivity index (χ0v) is 17.2. The van der Waals surface area contributed by atoms with E-state index in [1.165, 1.54) is 0 Å². The van der Waals surface area contributed by atoms with Crippen molar-refractivity contribution in [2.75, 3.05) is 32.8 Å². The van der Waals surface area contributed by atoms with Crippen molar-refractivity contribution in [1.82, 2.24) is 34.8 Å². The molecule has 1 N–H and O–H groups in total. The van der Waals surface area contributed by atoms with Gasteiger partial charge in [-0.05, 0) is 32.0 Å². The van der Waals surface area contributed by atoms with Crippen molar-refractivity contribution in [3.63, 3.8) is 0 Å². The summed E-state index contributed by atoms with van der Waals surface area (Å²) in [7, 11) is 0. The first-order chi connectivity index (χ1) is 14.6. The highest BCUT2D eigenvalue weighted by molar-refractivity contribution is 5.96. The molecule has 1 amide bonds. The van der Waals surface area contributed by atoms with Crippen LogP contribution in [0.1, 0.15) is 35.8 Å². The lowest BCUT2D eigenvalue weighted by Gasteiger charge is -2.27. The molecule has 156 valence electrons. The lowest BCUT2D eigenvalue weighted by atomic mass is 10.0. The number of ether oxygens (including phenoxy) is 1. The van der Waals surface area contributed by atoms with E-state index in [0.717, 1.165) is 55.2 Å². The quantitative estimate of drug-likeness (QED) is 0.711. The van der Waals surface area contributed by atoms with Crippen LogP contribution in [0, 0.1) is 0 Å². The van der Waals surface area contributed by atoms with Crippen LogP contribution in [0.2, 0.25) is 0 Å². The van der Waals surface area contributed by atoms with Crippen LogP contribution in [0.3, 0.4) is 0 Å². The van der Waals surface area contributed by atoms with E-state index in [1.54, 1.807) is 11.0 Å². The smallest absolute Gasteiger partial charge is 0.253 e. The van der Waals surface area contributed by atoms with Crippen LogP contribution in [0.5, 0.6) is 5.75 Å². The largest absolute Gasteiger partial charge is 0.493 e. The normalized spacial score (nSPS) is 16.0. The molecule has 1 fully saturated rings. The molecule has 0 unspecified atom stereocenters. The molecule has 30 heavy (non-hydrogen) atoms. The van der Waals surface area contributed by atoms with E-state index >= 15 is 0 Å². The molecule has 0 bridgehead atoms. The van der Waals surface area contributed by atoms with E-state index in [-0.39, 0.29) is 11.9 Å². The Balaban J connectivity index is 1.55. The van der Waals surface area contributed by atoms with E-state index in [0.29, 0.717) is 18.1 Å². The summed E-state index contributed by atoms with van der Waals surface area (Å²) in [5, 5.41) is 12.4. The summed E-state index contributed by atoms with van der Waals surface area (Å²) < 4.78 is 9.56. The maximum Gasteiger partial charge on any atom is 0.253 e. The van der Waals surface area contributed by atoms with Gasteiger partial charge in [0.05, 0.1) is 18.3 Å². The number of amides is 1. The first kappa shape index (κ1) is 18.8. The first-order valence-corrected chi connectivity index (χ1v) is 10.4. The minimum absolute atomic E-state index is 0.0454. The zero-order valence-electron chi connectivity index (χ0n) is 17.2. The van der Waals surface area contributed by atoms with Crippen molar-refractivity contribution < 1.29 is 9.53 Å². The number of nitrogens with one attached hydrogen (secondary N) is 1. The highest BCUT2D eigenvalue weighted by atomic mass is 16.5. The van der Waals surface area contributed by atoms with Gasteiger partial charge in [0.2, 0.25) is 5.95 Å². The van der Waals surface area contributed by atoms with Crippen LogP contribution in [-0.4, -0.2) is 68.1 Å². The molecule has 2 aromatic heterocycles. The summed E-state index contributed by atoms with van der Waals surface area (Å²) in [6.45, 7) is 7.77. The topological polar surface area (TPSA) is 90.1 Å². The molecule has 0 spiro atoms. The van der Waals surface area contributed by atoms with Crippen LogP contribution in [0.25, 0.3) is 17.2 Å². The van der Waals surface area contributed by atoms with Gasteiger partial charge < -0.3 is 15.0 Å². The summed E-state index contributed by atoms with van der Waals surface area (Å²) in [5.41, 5.74) is 3.40. The number of nitrogens with zero attached hydrogens (tertiary/aromatic N) is 6. The Morgan fingerprint density at radius 1 is 1.23 bits per heavy atom. The molecule has 5 rings (SSSR count). The molecule has 0 aliphatic carbocycles. The second-order valence-corrected chi connectivity index (χ2v) is 7.90. The van der Waals surface area contributed by atoms with Gasteiger partial charge in [0.15, 0.2) is 0 Å². The zero-order chi connectivity index (χ0) is 20.7. The Bertz CT molecular complexity index is 1080. The van der Waals surface area contributed by atoms with Gasteiger partial charge in [0, 0.05) is 55.5 Å². The van der Waals surface area contributed by atoms with Crippen molar-refractivity contribution in [3.8, 4) is 23.0 Å². The Labute approximate surface area is 174 Å². The molecule has 9 nitrogen and oxygen atoms in total. The Morgan fingerprint density at radius 3 is 2.87 bits per heavy atom. The van der Waals surface area contributed by atoms with Gasteiger partial charge in [0.25, 0.3) is 5.91 Å². The van der Waals surface area contributed by atoms with E-state index < -0.39 is 0 Å². The summed E-state index contributed by atoms with van der Waals surface area (Å²) in [6.07, 6.45) is 4.27. The SMILES string of the molecule is CC(C)n1ncnc1-n1cc2c(n1)-c1cc(C(=O)N3CCNCC3)ccc1OCC2. The first-order valence-electron chi connectivity index (χ1n) is 10.4. The summed E-state index contributed by atoms with van der Waals surface area (Å²) in [6, 6.07) is 5.81. The Hall–Kier alpha value is -3.20. The standard InChI is InChI=1S/C21H25N7O2/c1-14(2)28-21(23-13-24-28)27-12-16-5-10-30-18-4-3-15(11-17(18)19(16)25-27)20(29)26-8-6-22-7-9-26/h3-4,11-14,22H,5-10H2,1-2H3. The number of rotatable bonds is 3. The molecule has 0 atom stereocenters. The van der Waals surface area contributed by atoms with Gasteiger partial charge in [-0.2, -0.15) is 15.2 Å². The number of carbonyl (C=O) groups is 1. The lowest BCUT2D eigenvalue weighted by Crippen LogP contribution is -2.46. The second-order valence-electron chi connectivity index (χ2n) is 7.90. The second kappa shape index (κ2) is 7.56. The average molecular weight is 407 g/mol. The number of benzene rings is 1. The third-order valence-corrected chi connectivity index (χ3v) is 5.55. The predicted molar refractivity (Wildman–Crippen MR) is 111 cm³/mol. The molecule has 1 saturated heterocycles. The van der Waals surface area contributed by atoms with Crippen molar-refractivity contribution >= 4 is 5.91 Å². The molecule has 2 aliphatic heterocycles. The molecular weight excluding hydrogens is 382 g/mol. The van der Waals surface area contributed by atoms with Gasteiger partial charge in [-0.25, -0.2) is 9.36 Å². The van der Waals surface area contributed by atoms with Gasteiger partial charge in [-0.3, -0.25) is 4.79 Å². The summed E-state index contributed by atoms with van der Waals surface area (Å²) in [5.74, 6) is 1.47. The van der Waals surface area contributed by atoms with Gasteiger partial charge in [-0.15, -0.1) is 0 Å². The third-order valence-electron chi connectivity index (χ3n) is 5.55. The van der Waals surface area contributed by atoms with Crippen LogP contribution in [0.4, 0.5) is 0 Å². The maximum atomic E-state index is 13.0. The average Bonchev–Trinajstić information content (AvgIpc) is 3.38. The minimum Gasteiger partial charge on any atom is -0.493 e. The van der Waals surface area contributed by atoms with E-state index in [2.05, 4.69) is 29.2 Å². The number of hydrogen-bond donors (Lipinski definition) is 1. The van der Waals surface area contributed by atoms with Crippen LogP contribution >= 0.6 is 0 Å². The van der Waals surface area contributed by atoms with Gasteiger partial charge in [0.1, 0.15) is 12.1 Å². The molecule has 0 radical (unpaired) electrons. The number of fused-ring (bicyclic) bond motifs is 3. The van der Waals surface area contributed by atoms with Gasteiger partial charge >= 0.3 is 0 Å². The molecule has 3 aromatic rings. The monoisotopic (exact) mass is 407 g/mol. The number of piperazine rings is 1. The number of carbonyl (C=O) groups excluding carboxylic acids is 1. The Kier molecular flexibility index (Phi) is 4.74. The molecular formula is C21H25N7O2. The van der Waals surface area contributed by atoms with Crippen molar-refractivity contribution in [1.29, 1.82) is 0 Å². The lowest BCUT2D eigenvalue weighted by molar-refractivity contribution is 0.0736. The summed E-state index contributed by atoms with van der Waals surface area (Å²) >= 11 is 0. The van der Waals surface area contributed by atoms with Crippen molar-refractivity contribution in [3.05, 3.63) is 41.9 Å². The van der Waals surface area contributed by atoms with E-state index in [4.69, 9.17) is 9.84 Å². The van der Waals surface area contributed by atoms with Crippen molar-refractivity contribution in [2.45, 2.75) is 26.3 Å². The van der Waals surface area contributed by atoms with Crippen LogP contribution in [-0.2, 0) is 6.42 Å². The highest BCUT2D eigenvalue weighted by Gasteiger charge is 2.24. The highest BCUT2D eigenvalue weighted by Crippen LogP contribution is 2.36. The molecule has 1 aromatic carbocycles. The number of hydrogen-bond acceptors (Lipinski definition) is 6. The predicted octanol–water partition coefficient (Wildman–Crippen LogP) is 1.69. The Morgan fingerprint density at radius 2 is 2.07 bits per heavy atom. The minimum atomic E-state index is 0.0454. The molecule has 2 aliphatic rings. The van der Waals surface area contributed by atoms with E-state index in [9.17, 15) is 4.79 Å². The molecule has 9 heteroatoms. The maximum absolute atomic E-state index is 13.0. The fourth-order valence-corrected chi connectivity index (χ4v) is 3.99. The third kappa shape index (κ3) is 3.24. The number of aromatic nitrogens is 5. The summed E-state index contributed by atoms with van der Waals surface area (Å²) in [4.78, 5) is 19.3. The van der Waals surface area contributed by atoms with Crippen molar-refractivity contribution in [2.24, 2.45) is 0 Å². The van der Waals surface area contributed by atoms with Crippen LogP contribution < -0.4 is 10.1 Å². The van der Waals surface area contributed by atoms with E-state index in [1.807, 2.05) is 34.0 Å². The van der Waals surface area contributed by atoms with Gasteiger partial charge in [-0.1, -0.05) is 0 Å². The molecule has 4 heterocycles. The fraction of sp³-hybridized carbons (Fsp3) is 0.429. The fourth-order valence-electron chi connectivity index (χ4n) is 3.99. The van der Waals surface area contributed by atoms with Crippen LogP contribution in [0.15, 0.2) is 30.7 Å². The molecule has 0 saturated carbocycles.